The molecule has 3 unspecified atom stereocenters. The molecule has 0 aliphatic heterocycles. The monoisotopic (exact) mass is 593 g/mol. The van der Waals surface area contributed by atoms with Gasteiger partial charge in [0.2, 0.25) is 5.91 Å². The topological polar surface area (TPSA) is 87.7 Å². The van der Waals surface area contributed by atoms with Crippen LogP contribution in [0.25, 0.3) is 0 Å². The average Bonchev–Trinajstić information content (AvgIpc) is 2.95. The van der Waals surface area contributed by atoms with Crippen LogP contribution in [0.15, 0.2) is 42.5 Å². The van der Waals surface area contributed by atoms with Crippen LogP contribution >= 0.6 is 0 Å². The molecular weight excluding hydrogens is 538 g/mol. The van der Waals surface area contributed by atoms with Crippen molar-refractivity contribution in [2.45, 2.75) is 125 Å². The number of para-hydroxylation sites is 1. The van der Waals surface area contributed by atoms with Crippen LogP contribution < -0.4 is 10.6 Å². The molecule has 0 saturated heterocycles. The summed E-state index contributed by atoms with van der Waals surface area (Å²) >= 11 is 0. The van der Waals surface area contributed by atoms with E-state index in [4.69, 9.17) is 4.74 Å². The van der Waals surface area contributed by atoms with Crippen molar-refractivity contribution in [1.29, 1.82) is 0 Å². The summed E-state index contributed by atoms with van der Waals surface area (Å²) < 4.78 is 5.54. The molecule has 2 rings (SSSR count). The van der Waals surface area contributed by atoms with E-state index in [1.165, 1.54) is 0 Å². The van der Waals surface area contributed by atoms with Gasteiger partial charge in [0.15, 0.2) is 0 Å². The van der Waals surface area contributed by atoms with Crippen molar-refractivity contribution in [3.05, 3.63) is 64.7 Å². The van der Waals surface area contributed by atoms with Crippen LogP contribution in [0, 0.1) is 19.8 Å². The van der Waals surface area contributed by atoms with Crippen LogP contribution in [0.4, 0.5) is 10.5 Å². The highest BCUT2D eigenvalue weighted by atomic mass is 16.6. The molecule has 7 heteroatoms. The second-order valence-electron chi connectivity index (χ2n) is 12.7. The molecule has 2 aromatic carbocycles. The summed E-state index contributed by atoms with van der Waals surface area (Å²) in [5.41, 5.74) is 3.84. The molecule has 3 atom stereocenters. The smallest absolute Gasteiger partial charge is 0.408 e. The second-order valence-corrected chi connectivity index (χ2v) is 12.7. The largest absolute Gasteiger partial charge is 0.444 e. The number of hydrogen-bond acceptors (Lipinski definition) is 4. The molecule has 0 saturated carbocycles. The molecule has 0 aliphatic rings. The van der Waals surface area contributed by atoms with Gasteiger partial charge in [-0.15, -0.1) is 0 Å². The molecule has 43 heavy (non-hydrogen) atoms. The molecule has 238 valence electrons. The van der Waals surface area contributed by atoms with Crippen molar-refractivity contribution >= 4 is 23.6 Å². The summed E-state index contributed by atoms with van der Waals surface area (Å²) in [4.78, 5) is 43.5. The van der Waals surface area contributed by atoms with E-state index >= 15 is 0 Å². The molecule has 0 fully saturated rings. The van der Waals surface area contributed by atoms with E-state index in [9.17, 15) is 14.4 Å². The number of ether oxygens (including phenoxy) is 1. The highest BCUT2D eigenvalue weighted by molar-refractivity contribution is 6.00. The summed E-state index contributed by atoms with van der Waals surface area (Å²) in [7, 11) is 0. The van der Waals surface area contributed by atoms with Crippen LogP contribution in [0.5, 0.6) is 0 Å². The third kappa shape index (κ3) is 11.0. The van der Waals surface area contributed by atoms with E-state index in [0.717, 1.165) is 66.5 Å². The Kier molecular flexibility index (Phi) is 14.2. The van der Waals surface area contributed by atoms with E-state index in [1.54, 1.807) is 25.7 Å². The SMILES string of the molecule is CCCCCCCN(C(=O)C(NC(=O)OC(C)(C)C)C(C)CC)C(C(=O)Nc1c(C)cccc1C)c1ccc(CC)cc1. The summed E-state index contributed by atoms with van der Waals surface area (Å²) in [6.07, 6.45) is 5.90. The van der Waals surface area contributed by atoms with Crippen molar-refractivity contribution < 1.29 is 19.1 Å². The fourth-order valence-corrected chi connectivity index (χ4v) is 5.16. The summed E-state index contributed by atoms with van der Waals surface area (Å²) in [5, 5.41) is 6.02. The zero-order chi connectivity index (χ0) is 32.2. The zero-order valence-corrected chi connectivity index (χ0v) is 28.0. The predicted octanol–water partition coefficient (Wildman–Crippen LogP) is 8.28. The normalized spacial score (nSPS) is 13.5. The van der Waals surface area contributed by atoms with E-state index in [0.29, 0.717) is 13.0 Å². The lowest BCUT2D eigenvalue weighted by Crippen LogP contribution is -2.55. The molecule has 0 spiro atoms. The minimum atomic E-state index is -0.879. The zero-order valence-electron chi connectivity index (χ0n) is 28.0. The summed E-state index contributed by atoms with van der Waals surface area (Å²) in [5.74, 6) is -0.729. The number of anilines is 1. The summed E-state index contributed by atoms with van der Waals surface area (Å²) in [6, 6.07) is 12.1. The molecule has 0 radical (unpaired) electrons. The first-order chi connectivity index (χ1) is 20.3. The first-order valence-corrected chi connectivity index (χ1v) is 16.1. The second kappa shape index (κ2) is 17.1. The Morgan fingerprint density at radius 1 is 0.884 bits per heavy atom. The van der Waals surface area contributed by atoms with Crippen molar-refractivity contribution in [2.75, 3.05) is 11.9 Å². The number of rotatable bonds is 15. The van der Waals surface area contributed by atoms with Crippen LogP contribution in [0.1, 0.15) is 115 Å². The maximum atomic E-state index is 14.6. The Bertz CT molecular complexity index is 1170. The van der Waals surface area contributed by atoms with Gasteiger partial charge in [0.25, 0.3) is 5.91 Å². The molecule has 0 bridgehead atoms. The number of alkyl carbamates (subject to hydrolysis) is 1. The minimum Gasteiger partial charge on any atom is -0.444 e. The van der Waals surface area contributed by atoms with E-state index in [1.807, 2.05) is 70.2 Å². The maximum Gasteiger partial charge on any atom is 0.408 e. The Hall–Kier alpha value is -3.35. The fourth-order valence-electron chi connectivity index (χ4n) is 5.16. The van der Waals surface area contributed by atoms with Gasteiger partial charge in [0.05, 0.1) is 0 Å². The number of carbonyl (C=O) groups is 3. The third-order valence-corrected chi connectivity index (χ3v) is 7.93. The number of amides is 3. The molecular formula is C36H55N3O4. The number of carbonyl (C=O) groups excluding carboxylic acids is 3. The molecule has 2 N–H and O–H groups in total. The predicted molar refractivity (Wildman–Crippen MR) is 176 cm³/mol. The molecule has 0 aromatic heterocycles. The Labute approximate surface area is 260 Å². The van der Waals surface area contributed by atoms with Gasteiger partial charge >= 0.3 is 6.09 Å². The highest BCUT2D eigenvalue weighted by Crippen LogP contribution is 2.29. The first-order valence-electron chi connectivity index (χ1n) is 16.1. The van der Waals surface area contributed by atoms with Crippen LogP contribution in [0.3, 0.4) is 0 Å². The Morgan fingerprint density at radius 2 is 1.49 bits per heavy atom. The number of aryl methyl sites for hydroxylation is 3. The number of unbranched alkanes of at least 4 members (excludes halogenated alkanes) is 4. The third-order valence-electron chi connectivity index (χ3n) is 7.93. The number of hydrogen-bond donors (Lipinski definition) is 2. The lowest BCUT2D eigenvalue weighted by atomic mass is 9.95. The van der Waals surface area contributed by atoms with Gasteiger partial charge in [-0.25, -0.2) is 4.79 Å². The van der Waals surface area contributed by atoms with Gasteiger partial charge in [-0.3, -0.25) is 9.59 Å². The van der Waals surface area contributed by atoms with Gasteiger partial charge in [-0.05, 0) is 75.6 Å². The quantitative estimate of drug-likeness (QED) is 0.203. The molecule has 0 aliphatic carbocycles. The van der Waals surface area contributed by atoms with Gasteiger partial charge in [-0.2, -0.15) is 0 Å². The van der Waals surface area contributed by atoms with Gasteiger partial charge in [0, 0.05) is 12.2 Å². The van der Waals surface area contributed by atoms with Crippen LogP contribution in [0.2, 0.25) is 0 Å². The maximum absolute atomic E-state index is 14.6. The molecule has 0 heterocycles. The van der Waals surface area contributed by atoms with Crippen LogP contribution in [-0.2, 0) is 20.7 Å². The van der Waals surface area contributed by atoms with Crippen molar-refractivity contribution in [2.24, 2.45) is 5.92 Å². The Balaban J connectivity index is 2.60. The summed E-state index contributed by atoms with van der Waals surface area (Å²) in [6.45, 7) is 17.9. The van der Waals surface area contributed by atoms with E-state index in [2.05, 4.69) is 24.5 Å². The molecule has 2 aromatic rings. The fraction of sp³-hybridized carbons (Fsp3) is 0.583. The highest BCUT2D eigenvalue weighted by Gasteiger charge is 2.38. The number of benzene rings is 2. The number of nitrogens with zero attached hydrogens (tertiary/aromatic N) is 1. The average molecular weight is 594 g/mol. The lowest BCUT2D eigenvalue weighted by molar-refractivity contribution is -0.142. The van der Waals surface area contributed by atoms with E-state index in [-0.39, 0.29) is 17.7 Å². The first kappa shape index (κ1) is 35.8. The van der Waals surface area contributed by atoms with Gasteiger partial charge < -0.3 is 20.3 Å². The van der Waals surface area contributed by atoms with Gasteiger partial charge in [0.1, 0.15) is 17.7 Å². The Morgan fingerprint density at radius 3 is 2.02 bits per heavy atom. The van der Waals surface area contributed by atoms with E-state index < -0.39 is 23.8 Å². The molecule has 3 amide bonds. The molecule has 7 nitrogen and oxygen atoms in total. The van der Waals surface area contributed by atoms with Gasteiger partial charge in [-0.1, -0.05) is 102 Å². The minimum absolute atomic E-state index is 0.174. The lowest BCUT2D eigenvalue weighted by Gasteiger charge is -2.36. The van der Waals surface area contributed by atoms with Crippen LogP contribution in [-0.4, -0.2) is 41.0 Å². The number of nitrogens with one attached hydrogen (secondary N) is 2. The van der Waals surface area contributed by atoms with Crippen molar-refractivity contribution in [3.63, 3.8) is 0 Å². The van der Waals surface area contributed by atoms with Crippen molar-refractivity contribution in [3.8, 4) is 0 Å². The standard InChI is InChI=1S/C36H55N3O4/c1-10-13-14-15-16-24-39(34(41)31(25(4)11-2)38-35(42)43-36(7,8)9)32(29-22-20-28(12-3)21-23-29)33(40)37-30-26(5)18-17-19-27(30)6/h17-23,25,31-32H,10-16,24H2,1-9H3,(H,37,40)(H,38,42). The van der Waals surface area contributed by atoms with Crippen molar-refractivity contribution in [1.82, 2.24) is 10.2 Å².